The molecule has 3 aromatic rings. The van der Waals surface area contributed by atoms with Crippen molar-refractivity contribution in [2.45, 2.75) is 25.4 Å². The molecule has 0 bridgehead atoms. The van der Waals surface area contributed by atoms with Gasteiger partial charge in [-0.2, -0.15) is 0 Å². The fraction of sp³-hybridized carbons (Fsp3) is 0.182. The second kappa shape index (κ2) is 7.94. The highest BCUT2D eigenvalue weighted by molar-refractivity contribution is 7.12. The molecule has 1 aliphatic carbocycles. The van der Waals surface area contributed by atoms with Crippen LogP contribution in [0.4, 0.5) is 10.1 Å². The van der Waals surface area contributed by atoms with Crippen LogP contribution in [0.15, 0.2) is 66.0 Å². The highest BCUT2D eigenvalue weighted by Gasteiger charge is 2.33. The number of amides is 2. The van der Waals surface area contributed by atoms with Crippen LogP contribution < -0.4 is 5.32 Å². The van der Waals surface area contributed by atoms with E-state index in [0.717, 1.165) is 18.4 Å². The van der Waals surface area contributed by atoms with E-state index in [-0.39, 0.29) is 23.7 Å². The van der Waals surface area contributed by atoms with Crippen LogP contribution in [-0.2, 0) is 6.54 Å². The third-order valence-corrected chi connectivity index (χ3v) is 5.50. The van der Waals surface area contributed by atoms with Gasteiger partial charge in [0, 0.05) is 23.8 Å². The van der Waals surface area contributed by atoms with Crippen molar-refractivity contribution in [1.29, 1.82) is 0 Å². The third-order valence-electron chi connectivity index (χ3n) is 4.63. The zero-order valence-corrected chi connectivity index (χ0v) is 15.9. The van der Waals surface area contributed by atoms with Crippen molar-refractivity contribution >= 4 is 28.8 Å². The maximum Gasteiger partial charge on any atom is 0.265 e. The van der Waals surface area contributed by atoms with Crippen molar-refractivity contribution < 1.29 is 14.0 Å². The second-order valence-corrected chi connectivity index (χ2v) is 7.75. The minimum Gasteiger partial charge on any atom is -0.331 e. The molecule has 0 atom stereocenters. The van der Waals surface area contributed by atoms with Gasteiger partial charge in [-0.1, -0.05) is 24.3 Å². The standard InChI is InChI=1S/C22H19FN2O2S/c23-17-8-6-15(7-9-17)14-25(19-10-11-19)22(27)16-3-1-4-18(13-16)24-21(26)20-5-2-12-28-20/h1-9,12-13,19H,10-11,14H2,(H,24,26). The number of anilines is 1. The monoisotopic (exact) mass is 394 g/mol. The Kier molecular flexibility index (Phi) is 5.21. The summed E-state index contributed by atoms with van der Waals surface area (Å²) in [5, 5.41) is 4.68. The van der Waals surface area contributed by atoms with Gasteiger partial charge in [0.1, 0.15) is 5.82 Å². The normalized spacial score (nSPS) is 13.2. The molecule has 1 heterocycles. The molecule has 2 amide bonds. The van der Waals surface area contributed by atoms with Gasteiger partial charge in [0.2, 0.25) is 0 Å². The van der Waals surface area contributed by atoms with Crippen LogP contribution in [0, 0.1) is 5.82 Å². The minimum atomic E-state index is -0.290. The van der Waals surface area contributed by atoms with E-state index in [9.17, 15) is 14.0 Å². The Hall–Kier alpha value is -2.99. The molecule has 1 aromatic heterocycles. The predicted octanol–water partition coefficient (Wildman–Crippen LogP) is 4.94. The van der Waals surface area contributed by atoms with Gasteiger partial charge in [0.05, 0.1) is 4.88 Å². The Balaban J connectivity index is 1.51. The molecule has 0 radical (unpaired) electrons. The number of carbonyl (C=O) groups is 2. The number of nitrogens with zero attached hydrogens (tertiary/aromatic N) is 1. The van der Waals surface area contributed by atoms with E-state index in [1.165, 1.54) is 23.5 Å². The molecule has 6 heteroatoms. The zero-order valence-electron chi connectivity index (χ0n) is 15.1. The van der Waals surface area contributed by atoms with E-state index < -0.39 is 0 Å². The number of rotatable bonds is 6. The van der Waals surface area contributed by atoms with Crippen molar-refractivity contribution in [3.8, 4) is 0 Å². The molecule has 1 saturated carbocycles. The van der Waals surface area contributed by atoms with Crippen LogP contribution in [0.5, 0.6) is 0 Å². The lowest BCUT2D eigenvalue weighted by Crippen LogP contribution is -2.32. The summed E-state index contributed by atoms with van der Waals surface area (Å²) < 4.78 is 13.2. The molecule has 0 saturated heterocycles. The van der Waals surface area contributed by atoms with Crippen molar-refractivity contribution in [2.75, 3.05) is 5.32 Å². The smallest absolute Gasteiger partial charge is 0.265 e. The lowest BCUT2D eigenvalue weighted by molar-refractivity contribution is 0.0729. The Bertz CT molecular complexity index is 982. The van der Waals surface area contributed by atoms with Gasteiger partial charge in [-0.25, -0.2) is 4.39 Å². The Labute approximate surface area is 166 Å². The van der Waals surface area contributed by atoms with Crippen LogP contribution in [0.2, 0.25) is 0 Å². The third kappa shape index (κ3) is 4.28. The second-order valence-electron chi connectivity index (χ2n) is 6.80. The first kappa shape index (κ1) is 18.4. The first-order chi connectivity index (χ1) is 13.6. The van der Waals surface area contributed by atoms with Gasteiger partial charge in [-0.05, 0) is 60.2 Å². The highest BCUT2D eigenvalue weighted by Crippen LogP contribution is 2.30. The minimum absolute atomic E-state index is 0.0842. The molecule has 0 aliphatic heterocycles. The summed E-state index contributed by atoms with van der Waals surface area (Å²) in [6, 6.07) is 17.0. The number of hydrogen-bond acceptors (Lipinski definition) is 3. The Morgan fingerprint density at radius 1 is 1.07 bits per heavy atom. The van der Waals surface area contributed by atoms with Gasteiger partial charge in [0.25, 0.3) is 11.8 Å². The summed E-state index contributed by atoms with van der Waals surface area (Å²) in [6.07, 6.45) is 1.95. The fourth-order valence-electron chi connectivity index (χ4n) is 3.04. The van der Waals surface area contributed by atoms with Crippen molar-refractivity contribution in [3.63, 3.8) is 0 Å². The summed E-state index contributed by atoms with van der Waals surface area (Å²) in [4.78, 5) is 27.8. The molecular weight excluding hydrogens is 375 g/mol. The molecular formula is C22H19FN2O2S. The van der Waals surface area contributed by atoms with E-state index in [2.05, 4.69) is 5.32 Å². The van der Waals surface area contributed by atoms with Crippen LogP contribution >= 0.6 is 11.3 Å². The van der Waals surface area contributed by atoms with Gasteiger partial charge >= 0.3 is 0 Å². The van der Waals surface area contributed by atoms with Gasteiger partial charge in [0.15, 0.2) is 0 Å². The van der Waals surface area contributed by atoms with Gasteiger partial charge in [-0.15, -0.1) is 11.3 Å². The first-order valence-corrected chi connectivity index (χ1v) is 9.98. The predicted molar refractivity (Wildman–Crippen MR) is 108 cm³/mol. The Morgan fingerprint density at radius 2 is 1.86 bits per heavy atom. The maximum atomic E-state index is 13.2. The molecule has 2 aromatic carbocycles. The number of hydrogen-bond donors (Lipinski definition) is 1. The molecule has 1 N–H and O–H groups in total. The average molecular weight is 394 g/mol. The average Bonchev–Trinajstić information content (AvgIpc) is 3.39. The van der Waals surface area contributed by atoms with E-state index in [1.54, 1.807) is 42.5 Å². The number of nitrogens with one attached hydrogen (secondary N) is 1. The molecule has 1 aliphatic rings. The van der Waals surface area contributed by atoms with Crippen LogP contribution in [0.3, 0.4) is 0 Å². The van der Waals surface area contributed by atoms with Crippen LogP contribution in [-0.4, -0.2) is 22.8 Å². The highest BCUT2D eigenvalue weighted by atomic mass is 32.1. The summed E-state index contributed by atoms with van der Waals surface area (Å²) in [5.41, 5.74) is 2.00. The van der Waals surface area contributed by atoms with Crippen molar-refractivity contribution in [3.05, 3.63) is 87.9 Å². The fourth-order valence-corrected chi connectivity index (χ4v) is 3.65. The van der Waals surface area contributed by atoms with Crippen LogP contribution in [0.1, 0.15) is 38.4 Å². The van der Waals surface area contributed by atoms with Gasteiger partial charge in [-0.3, -0.25) is 9.59 Å². The summed E-state index contributed by atoms with van der Waals surface area (Å²) in [5.74, 6) is -0.564. The van der Waals surface area contributed by atoms with Crippen LogP contribution in [0.25, 0.3) is 0 Å². The quantitative estimate of drug-likeness (QED) is 0.643. The molecule has 4 rings (SSSR count). The molecule has 4 nitrogen and oxygen atoms in total. The lowest BCUT2D eigenvalue weighted by Gasteiger charge is -2.23. The largest absolute Gasteiger partial charge is 0.331 e. The van der Waals surface area contributed by atoms with E-state index in [1.807, 2.05) is 16.3 Å². The topological polar surface area (TPSA) is 49.4 Å². The lowest BCUT2D eigenvalue weighted by atomic mass is 10.1. The number of carbonyl (C=O) groups excluding carboxylic acids is 2. The number of halogens is 1. The van der Waals surface area contributed by atoms with Gasteiger partial charge < -0.3 is 10.2 Å². The summed E-state index contributed by atoms with van der Waals surface area (Å²) >= 11 is 1.37. The SMILES string of the molecule is O=C(Nc1cccc(C(=O)N(Cc2ccc(F)cc2)C2CC2)c1)c1cccs1. The summed E-state index contributed by atoms with van der Waals surface area (Å²) in [7, 11) is 0. The molecule has 0 unspecified atom stereocenters. The Morgan fingerprint density at radius 3 is 2.54 bits per heavy atom. The van der Waals surface area contributed by atoms with E-state index in [0.29, 0.717) is 22.7 Å². The number of thiophene rings is 1. The van der Waals surface area contributed by atoms with E-state index in [4.69, 9.17) is 0 Å². The zero-order chi connectivity index (χ0) is 19.5. The molecule has 28 heavy (non-hydrogen) atoms. The molecule has 1 fully saturated rings. The molecule has 142 valence electrons. The number of benzene rings is 2. The molecule has 0 spiro atoms. The van der Waals surface area contributed by atoms with Crippen molar-refractivity contribution in [2.24, 2.45) is 0 Å². The van der Waals surface area contributed by atoms with E-state index >= 15 is 0 Å². The maximum absolute atomic E-state index is 13.2. The summed E-state index contributed by atoms with van der Waals surface area (Å²) in [6.45, 7) is 0.440. The van der Waals surface area contributed by atoms with Crippen molar-refractivity contribution in [1.82, 2.24) is 4.90 Å². The first-order valence-electron chi connectivity index (χ1n) is 9.10.